The molecule has 0 aliphatic heterocycles. The molecule has 0 saturated carbocycles. The highest BCUT2D eigenvalue weighted by Crippen LogP contribution is 2.25. The third-order valence-corrected chi connectivity index (χ3v) is 5.09. The molecule has 2 aromatic heterocycles. The highest BCUT2D eigenvalue weighted by atomic mass is 32.2. The fourth-order valence-corrected chi connectivity index (χ4v) is 3.67. The van der Waals surface area contributed by atoms with Crippen LogP contribution in [-0.2, 0) is 26.4 Å². The van der Waals surface area contributed by atoms with Gasteiger partial charge < -0.3 is 4.57 Å². The van der Waals surface area contributed by atoms with Crippen molar-refractivity contribution in [1.29, 1.82) is 0 Å². The summed E-state index contributed by atoms with van der Waals surface area (Å²) in [5, 5.41) is 0.680. The first kappa shape index (κ1) is 17.5. The van der Waals surface area contributed by atoms with Gasteiger partial charge in [-0.3, -0.25) is 13.9 Å². The highest BCUT2D eigenvalue weighted by Gasteiger charge is 2.18. The molecule has 3 aromatic rings. The molecule has 0 aliphatic carbocycles. The number of thioether (sulfide) groups is 1. The lowest BCUT2D eigenvalue weighted by atomic mass is 10.2. The van der Waals surface area contributed by atoms with Crippen molar-refractivity contribution >= 4 is 22.9 Å². The van der Waals surface area contributed by atoms with Crippen LogP contribution >= 0.6 is 11.8 Å². The summed E-state index contributed by atoms with van der Waals surface area (Å²) in [6, 6.07) is 6.29. The van der Waals surface area contributed by atoms with Crippen molar-refractivity contribution in [1.82, 2.24) is 18.7 Å². The van der Waals surface area contributed by atoms with Crippen molar-refractivity contribution in [2.24, 2.45) is 14.1 Å². The molecule has 0 saturated heterocycles. The van der Waals surface area contributed by atoms with E-state index in [-0.39, 0.29) is 11.4 Å². The predicted molar refractivity (Wildman–Crippen MR) is 96.5 cm³/mol. The first-order chi connectivity index (χ1) is 11.9. The quantitative estimate of drug-likeness (QED) is 0.653. The summed E-state index contributed by atoms with van der Waals surface area (Å²) in [6.07, 6.45) is 0.835. The minimum atomic E-state index is -0.395. The van der Waals surface area contributed by atoms with Crippen molar-refractivity contribution in [2.45, 2.75) is 30.8 Å². The molecule has 1 aromatic carbocycles. The Kier molecular flexibility index (Phi) is 4.80. The second kappa shape index (κ2) is 6.87. The van der Waals surface area contributed by atoms with Crippen LogP contribution in [0.15, 0.2) is 39.0 Å². The molecule has 0 fully saturated rings. The van der Waals surface area contributed by atoms with Crippen molar-refractivity contribution < 1.29 is 4.39 Å². The second-order valence-electron chi connectivity index (χ2n) is 5.84. The summed E-state index contributed by atoms with van der Waals surface area (Å²) in [5.74, 6) is 0.326. The fourth-order valence-electron chi connectivity index (χ4n) is 2.70. The number of nitrogens with zero attached hydrogens (tertiary/aromatic N) is 4. The van der Waals surface area contributed by atoms with Gasteiger partial charge in [-0.05, 0) is 24.1 Å². The molecule has 0 unspecified atom stereocenters. The Balaban J connectivity index is 2.08. The SMILES string of the molecule is CCCn1c(SCc2ccc(F)cc2)nc2c1c(=O)n(C)c(=O)n2C. The smallest absolute Gasteiger partial charge is 0.313 e. The lowest BCUT2D eigenvalue weighted by Gasteiger charge is -2.08. The number of imidazole rings is 1. The predicted octanol–water partition coefficient (Wildman–Crippen LogP) is 2.28. The Morgan fingerprint density at radius 2 is 1.80 bits per heavy atom. The zero-order valence-corrected chi connectivity index (χ0v) is 15.1. The number of fused-ring (bicyclic) bond motifs is 1. The Bertz CT molecular complexity index is 1030. The summed E-state index contributed by atoms with van der Waals surface area (Å²) >= 11 is 1.47. The minimum Gasteiger partial charge on any atom is -0.313 e. The molecule has 2 heterocycles. The van der Waals surface area contributed by atoms with Gasteiger partial charge in [0.25, 0.3) is 5.56 Å². The van der Waals surface area contributed by atoms with Crippen LogP contribution < -0.4 is 11.2 Å². The van der Waals surface area contributed by atoms with E-state index in [0.29, 0.717) is 28.6 Å². The molecular formula is C17H19FN4O2S. The lowest BCUT2D eigenvalue weighted by Crippen LogP contribution is -2.37. The summed E-state index contributed by atoms with van der Waals surface area (Å²) in [7, 11) is 3.08. The Hall–Kier alpha value is -2.35. The van der Waals surface area contributed by atoms with Gasteiger partial charge in [0.05, 0.1) is 0 Å². The van der Waals surface area contributed by atoms with Gasteiger partial charge in [-0.25, -0.2) is 14.2 Å². The van der Waals surface area contributed by atoms with Gasteiger partial charge in [-0.2, -0.15) is 0 Å². The van der Waals surface area contributed by atoms with Gasteiger partial charge in [0.2, 0.25) is 0 Å². The monoisotopic (exact) mass is 362 g/mol. The molecule has 132 valence electrons. The number of rotatable bonds is 5. The number of hydrogen-bond donors (Lipinski definition) is 0. The number of hydrogen-bond acceptors (Lipinski definition) is 4. The van der Waals surface area contributed by atoms with Crippen LogP contribution in [0.3, 0.4) is 0 Å². The van der Waals surface area contributed by atoms with Gasteiger partial charge in [0.15, 0.2) is 16.3 Å². The molecule has 25 heavy (non-hydrogen) atoms. The standard InChI is InChI=1S/C17H19FN4O2S/c1-4-9-22-13-14(20(2)17(24)21(3)15(13)23)19-16(22)25-10-11-5-7-12(18)8-6-11/h5-8H,4,9-10H2,1-3H3. The minimum absolute atomic E-state index is 0.273. The highest BCUT2D eigenvalue weighted by molar-refractivity contribution is 7.98. The van der Waals surface area contributed by atoms with Crippen LogP contribution in [0, 0.1) is 5.82 Å². The molecular weight excluding hydrogens is 343 g/mol. The molecule has 0 N–H and O–H groups in total. The van der Waals surface area contributed by atoms with Crippen molar-refractivity contribution in [2.75, 3.05) is 0 Å². The number of halogens is 1. The number of benzene rings is 1. The van der Waals surface area contributed by atoms with Crippen molar-refractivity contribution in [3.63, 3.8) is 0 Å². The van der Waals surface area contributed by atoms with E-state index in [1.165, 1.54) is 35.5 Å². The van der Waals surface area contributed by atoms with E-state index >= 15 is 0 Å². The van der Waals surface area contributed by atoms with E-state index in [1.807, 2.05) is 11.5 Å². The summed E-state index contributed by atoms with van der Waals surface area (Å²) in [6.45, 7) is 2.66. The molecule has 8 heteroatoms. The summed E-state index contributed by atoms with van der Waals surface area (Å²) < 4.78 is 17.4. The fraction of sp³-hybridized carbons (Fsp3) is 0.353. The van der Waals surface area contributed by atoms with Crippen LogP contribution in [0.1, 0.15) is 18.9 Å². The summed E-state index contributed by atoms with van der Waals surface area (Å²) in [4.78, 5) is 29.2. The van der Waals surface area contributed by atoms with Crippen LogP contribution in [-0.4, -0.2) is 18.7 Å². The number of aromatic nitrogens is 4. The van der Waals surface area contributed by atoms with Crippen molar-refractivity contribution in [3.8, 4) is 0 Å². The second-order valence-corrected chi connectivity index (χ2v) is 6.78. The Labute approximate surface area is 147 Å². The van der Waals surface area contributed by atoms with Gasteiger partial charge >= 0.3 is 5.69 Å². The van der Waals surface area contributed by atoms with Gasteiger partial charge in [-0.15, -0.1) is 0 Å². The van der Waals surface area contributed by atoms with E-state index in [2.05, 4.69) is 4.98 Å². The van der Waals surface area contributed by atoms with Crippen LogP contribution in [0.5, 0.6) is 0 Å². The van der Waals surface area contributed by atoms with E-state index in [4.69, 9.17) is 0 Å². The topological polar surface area (TPSA) is 61.8 Å². The Morgan fingerprint density at radius 1 is 1.12 bits per heavy atom. The summed E-state index contributed by atoms with van der Waals surface area (Å²) in [5.41, 5.74) is 1.06. The van der Waals surface area contributed by atoms with Crippen LogP contribution in [0.4, 0.5) is 4.39 Å². The third-order valence-electron chi connectivity index (χ3n) is 4.04. The average molecular weight is 362 g/mol. The van der Waals surface area contributed by atoms with Crippen molar-refractivity contribution in [3.05, 3.63) is 56.5 Å². The molecule has 6 nitrogen and oxygen atoms in total. The largest absolute Gasteiger partial charge is 0.332 e. The molecule has 0 bridgehead atoms. The lowest BCUT2D eigenvalue weighted by molar-refractivity contribution is 0.627. The first-order valence-electron chi connectivity index (χ1n) is 7.97. The van der Waals surface area contributed by atoms with E-state index in [9.17, 15) is 14.0 Å². The average Bonchev–Trinajstić information content (AvgIpc) is 2.97. The van der Waals surface area contributed by atoms with Gasteiger partial charge in [0.1, 0.15) is 5.82 Å². The van der Waals surface area contributed by atoms with Gasteiger partial charge in [0, 0.05) is 26.4 Å². The molecule has 3 rings (SSSR count). The van der Waals surface area contributed by atoms with E-state index in [0.717, 1.165) is 16.6 Å². The van der Waals surface area contributed by atoms with E-state index in [1.54, 1.807) is 19.2 Å². The molecule has 0 spiro atoms. The van der Waals surface area contributed by atoms with Gasteiger partial charge in [-0.1, -0.05) is 30.8 Å². The maximum atomic E-state index is 13.0. The maximum Gasteiger partial charge on any atom is 0.332 e. The Morgan fingerprint density at radius 3 is 2.44 bits per heavy atom. The molecule has 0 amide bonds. The number of aryl methyl sites for hydroxylation is 2. The maximum absolute atomic E-state index is 13.0. The van der Waals surface area contributed by atoms with Crippen LogP contribution in [0.2, 0.25) is 0 Å². The first-order valence-corrected chi connectivity index (χ1v) is 8.96. The molecule has 0 aliphatic rings. The molecule has 0 atom stereocenters. The van der Waals surface area contributed by atoms with Crippen LogP contribution in [0.25, 0.3) is 11.2 Å². The molecule has 0 radical (unpaired) electrons. The normalized spacial score (nSPS) is 11.4. The zero-order chi connectivity index (χ0) is 18.1. The third kappa shape index (κ3) is 3.13. The van der Waals surface area contributed by atoms with E-state index < -0.39 is 5.69 Å². The zero-order valence-electron chi connectivity index (χ0n) is 14.3.